The van der Waals surface area contributed by atoms with Crippen LogP contribution in [0.5, 0.6) is 5.75 Å². The van der Waals surface area contributed by atoms with Crippen molar-refractivity contribution in [2.45, 2.75) is 25.6 Å². The summed E-state index contributed by atoms with van der Waals surface area (Å²) in [6, 6.07) is 10.4. The first-order chi connectivity index (χ1) is 8.65. The molecule has 96 valence electrons. The lowest BCUT2D eigenvalue weighted by molar-refractivity contribution is 0.410. The third-order valence-corrected chi connectivity index (χ3v) is 4.83. The van der Waals surface area contributed by atoms with Crippen LogP contribution in [0.15, 0.2) is 30.3 Å². The number of hydrogen-bond acceptors (Lipinski definition) is 2. The second kappa shape index (κ2) is 5.77. The van der Waals surface area contributed by atoms with Gasteiger partial charge in [-0.05, 0) is 31.5 Å². The molecule has 0 aliphatic carbocycles. The quantitative estimate of drug-likeness (QED) is 0.720. The minimum atomic E-state index is -0.134. The van der Waals surface area contributed by atoms with Crippen molar-refractivity contribution in [2.75, 3.05) is 7.11 Å². The fraction of sp³-hybridized carbons (Fsp3) is 0.333. The Bertz CT molecular complexity index is 533. The Morgan fingerprint density at radius 1 is 1.28 bits per heavy atom. The summed E-state index contributed by atoms with van der Waals surface area (Å²) in [4.78, 5) is 2.54. The van der Waals surface area contributed by atoms with Crippen LogP contribution in [0, 0.1) is 6.92 Å². The largest absolute Gasteiger partial charge is 0.496 e. The zero-order chi connectivity index (χ0) is 13.1. The molecule has 2 aromatic rings. The Morgan fingerprint density at radius 2 is 2.06 bits per heavy atom. The number of hydrogen-bond donors (Lipinski definition) is 0. The maximum absolute atomic E-state index is 6.59. The van der Waals surface area contributed by atoms with E-state index in [0.29, 0.717) is 0 Å². The van der Waals surface area contributed by atoms with E-state index < -0.39 is 0 Å². The summed E-state index contributed by atoms with van der Waals surface area (Å²) in [5.74, 6) is 0.854. The Balaban J connectivity index is 2.38. The highest BCUT2D eigenvalue weighted by molar-refractivity contribution is 7.12. The highest BCUT2D eigenvalue weighted by Gasteiger charge is 2.17. The number of benzene rings is 1. The highest BCUT2D eigenvalue weighted by Crippen LogP contribution is 2.38. The first-order valence-corrected chi connectivity index (χ1v) is 7.28. The zero-order valence-electron chi connectivity index (χ0n) is 10.9. The molecule has 0 amide bonds. The van der Waals surface area contributed by atoms with Crippen LogP contribution in [0.25, 0.3) is 0 Å². The Labute approximate surface area is 117 Å². The van der Waals surface area contributed by atoms with Crippen LogP contribution < -0.4 is 4.74 Å². The second-order valence-electron chi connectivity index (χ2n) is 4.27. The molecular weight excluding hydrogens is 264 g/mol. The average Bonchev–Trinajstić information content (AvgIpc) is 2.86. The van der Waals surface area contributed by atoms with E-state index in [1.165, 1.54) is 15.3 Å². The van der Waals surface area contributed by atoms with Gasteiger partial charge in [-0.2, -0.15) is 0 Å². The predicted octanol–water partition coefficient (Wildman–Crippen LogP) is 4.96. The summed E-state index contributed by atoms with van der Waals surface area (Å²) >= 11 is 8.36. The van der Waals surface area contributed by atoms with E-state index in [-0.39, 0.29) is 5.38 Å². The van der Waals surface area contributed by atoms with Crippen LogP contribution in [0.1, 0.15) is 33.2 Å². The molecule has 0 fully saturated rings. The molecule has 1 aromatic carbocycles. The monoisotopic (exact) mass is 280 g/mol. The van der Waals surface area contributed by atoms with Crippen LogP contribution in [0.2, 0.25) is 0 Å². The molecule has 0 saturated heterocycles. The number of halogens is 1. The minimum absolute atomic E-state index is 0.134. The van der Waals surface area contributed by atoms with Gasteiger partial charge in [-0.15, -0.1) is 22.9 Å². The normalized spacial score (nSPS) is 12.4. The smallest absolute Gasteiger partial charge is 0.123 e. The van der Waals surface area contributed by atoms with E-state index in [9.17, 15) is 0 Å². The molecular formula is C15H17ClOS. The zero-order valence-corrected chi connectivity index (χ0v) is 12.4. The molecule has 18 heavy (non-hydrogen) atoms. The molecule has 0 aliphatic rings. The third kappa shape index (κ3) is 2.70. The van der Waals surface area contributed by atoms with Crippen molar-refractivity contribution in [3.05, 3.63) is 51.2 Å². The SMILES string of the molecule is CCc1ccc(C(Cl)c2cc(C)ccc2OC)s1. The van der Waals surface area contributed by atoms with Crippen molar-refractivity contribution in [1.29, 1.82) is 0 Å². The first kappa shape index (κ1) is 13.4. The van der Waals surface area contributed by atoms with Crippen LogP contribution in [0.4, 0.5) is 0 Å². The molecule has 1 unspecified atom stereocenters. The highest BCUT2D eigenvalue weighted by atomic mass is 35.5. The third-order valence-electron chi connectivity index (χ3n) is 2.94. The van der Waals surface area contributed by atoms with Crippen molar-refractivity contribution < 1.29 is 4.74 Å². The van der Waals surface area contributed by atoms with Crippen LogP contribution in [-0.2, 0) is 6.42 Å². The molecule has 0 N–H and O–H groups in total. The van der Waals surface area contributed by atoms with E-state index >= 15 is 0 Å². The summed E-state index contributed by atoms with van der Waals surface area (Å²) in [6.45, 7) is 4.23. The van der Waals surface area contributed by atoms with Crippen molar-refractivity contribution in [2.24, 2.45) is 0 Å². The lowest BCUT2D eigenvalue weighted by atomic mass is 10.1. The second-order valence-corrected chi connectivity index (χ2v) is 5.90. The molecule has 0 aliphatic heterocycles. The van der Waals surface area contributed by atoms with Gasteiger partial charge in [0.1, 0.15) is 5.75 Å². The average molecular weight is 281 g/mol. The Hall–Kier alpha value is -0.990. The molecule has 1 atom stereocenters. The number of ether oxygens (including phenoxy) is 1. The van der Waals surface area contributed by atoms with Gasteiger partial charge in [0.2, 0.25) is 0 Å². The number of alkyl halides is 1. The van der Waals surface area contributed by atoms with E-state index in [1.807, 2.05) is 12.1 Å². The molecule has 1 heterocycles. The van der Waals surface area contributed by atoms with Crippen LogP contribution >= 0.6 is 22.9 Å². The summed E-state index contributed by atoms with van der Waals surface area (Å²) < 4.78 is 5.40. The van der Waals surface area contributed by atoms with Gasteiger partial charge in [0.25, 0.3) is 0 Å². The van der Waals surface area contributed by atoms with E-state index in [0.717, 1.165) is 17.7 Å². The Kier molecular flexibility index (Phi) is 4.31. The lowest BCUT2D eigenvalue weighted by Crippen LogP contribution is -1.96. The molecule has 0 radical (unpaired) electrons. The number of thiophene rings is 1. The summed E-state index contributed by atoms with van der Waals surface area (Å²) in [7, 11) is 1.68. The summed E-state index contributed by atoms with van der Waals surface area (Å²) in [5.41, 5.74) is 2.24. The fourth-order valence-electron chi connectivity index (χ4n) is 1.93. The molecule has 2 rings (SSSR count). The van der Waals surface area contributed by atoms with Crippen molar-refractivity contribution in [3.8, 4) is 5.75 Å². The van der Waals surface area contributed by atoms with E-state index in [4.69, 9.17) is 16.3 Å². The minimum Gasteiger partial charge on any atom is -0.496 e. The van der Waals surface area contributed by atoms with Gasteiger partial charge in [0.05, 0.1) is 12.5 Å². The van der Waals surface area contributed by atoms with Gasteiger partial charge in [0.15, 0.2) is 0 Å². The van der Waals surface area contributed by atoms with Crippen molar-refractivity contribution in [1.82, 2.24) is 0 Å². The van der Waals surface area contributed by atoms with Gasteiger partial charge in [-0.25, -0.2) is 0 Å². The maximum Gasteiger partial charge on any atom is 0.123 e. The standard InChI is InChI=1S/C15H17ClOS/c1-4-11-6-8-14(18-11)15(16)12-9-10(2)5-7-13(12)17-3/h5-9,15H,4H2,1-3H3. The van der Waals surface area contributed by atoms with E-state index in [1.54, 1.807) is 18.4 Å². The van der Waals surface area contributed by atoms with E-state index in [2.05, 4.69) is 32.0 Å². The van der Waals surface area contributed by atoms with Crippen LogP contribution in [-0.4, -0.2) is 7.11 Å². The Morgan fingerprint density at radius 3 is 2.67 bits per heavy atom. The molecule has 1 aromatic heterocycles. The maximum atomic E-state index is 6.59. The summed E-state index contributed by atoms with van der Waals surface area (Å²) in [5, 5.41) is -0.134. The number of aryl methyl sites for hydroxylation is 2. The first-order valence-electron chi connectivity index (χ1n) is 6.03. The fourth-order valence-corrected chi connectivity index (χ4v) is 3.25. The van der Waals surface area contributed by atoms with Gasteiger partial charge in [-0.3, -0.25) is 0 Å². The van der Waals surface area contributed by atoms with Crippen molar-refractivity contribution in [3.63, 3.8) is 0 Å². The molecule has 0 saturated carbocycles. The molecule has 0 spiro atoms. The van der Waals surface area contributed by atoms with Gasteiger partial charge in [0, 0.05) is 15.3 Å². The van der Waals surface area contributed by atoms with Gasteiger partial charge < -0.3 is 4.74 Å². The van der Waals surface area contributed by atoms with Crippen LogP contribution in [0.3, 0.4) is 0 Å². The topological polar surface area (TPSA) is 9.23 Å². The molecule has 3 heteroatoms. The molecule has 0 bridgehead atoms. The molecule has 1 nitrogen and oxygen atoms in total. The summed E-state index contributed by atoms with van der Waals surface area (Å²) in [6.07, 6.45) is 1.05. The van der Waals surface area contributed by atoms with Gasteiger partial charge >= 0.3 is 0 Å². The van der Waals surface area contributed by atoms with Crippen molar-refractivity contribution >= 4 is 22.9 Å². The predicted molar refractivity (Wildman–Crippen MR) is 79.1 cm³/mol. The van der Waals surface area contributed by atoms with Gasteiger partial charge in [-0.1, -0.05) is 24.6 Å². The lowest BCUT2D eigenvalue weighted by Gasteiger charge is -2.13. The number of methoxy groups -OCH3 is 1. The number of rotatable bonds is 4.